The Hall–Kier alpha value is -3.97. The van der Waals surface area contributed by atoms with Gasteiger partial charge in [-0.25, -0.2) is 0 Å². The molecule has 0 aliphatic rings. The van der Waals surface area contributed by atoms with Gasteiger partial charge in [-0.2, -0.15) is 0 Å². The molecule has 0 aliphatic heterocycles. The van der Waals surface area contributed by atoms with Crippen molar-refractivity contribution < 1.29 is 18.3 Å². The highest BCUT2D eigenvalue weighted by atomic mass is 32.4. The molecule has 0 radical (unpaired) electrons. The van der Waals surface area contributed by atoms with Crippen LogP contribution in [0.1, 0.15) is 30.5 Å². The number of likely N-dealkylation sites (N-methyl/N-ethyl adjacent to an activating group) is 1. The highest BCUT2D eigenvalue weighted by Gasteiger charge is 2.24. The molecular formula is C34H37N6O4P4S+. The molecule has 4 unspecified atom stereocenters. The van der Waals surface area contributed by atoms with Gasteiger partial charge < -0.3 is 18.7 Å². The molecule has 4 atom stereocenters. The zero-order valence-corrected chi connectivity index (χ0v) is 32.2. The molecule has 0 saturated heterocycles. The van der Waals surface area contributed by atoms with Gasteiger partial charge in [-0.1, -0.05) is 42.2 Å². The van der Waals surface area contributed by atoms with E-state index in [0.717, 1.165) is 41.2 Å². The standard InChI is InChI=1S/C34H37N6O4P4S/c1-5-7-28-10-14-30(15-11-28)40(6-2)24-25-41-31-20-22-32(23-21-31)42-47(49)39(4)36-26-29-12-18-34(19-13-29)44-48(46(45)38-37-35)43-33-16-8-27(3)9-17-33/h8-23,26H,6,24-25,45H2,1-4H3/q+1/b36-26-. The summed E-state index contributed by atoms with van der Waals surface area (Å²) in [5.41, 5.74) is 13.0. The maximum Gasteiger partial charge on any atom is 0.540 e. The first-order valence-corrected chi connectivity index (χ1v) is 22.2. The number of nitrogens with zero attached hydrogens (tertiary/aromatic N) is 6. The van der Waals surface area contributed by atoms with E-state index in [2.05, 4.69) is 59.6 Å². The number of benzene rings is 4. The molecule has 0 heterocycles. The topological polar surface area (TPSA) is 105 Å². The fourth-order valence-electron chi connectivity index (χ4n) is 4.15. The fourth-order valence-corrected chi connectivity index (χ4v) is 8.41. The van der Waals surface area contributed by atoms with E-state index < -0.39 is 22.6 Å². The highest BCUT2D eigenvalue weighted by molar-refractivity contribution is 8.50. The van der Waals surface area contributed by atoms with Crippen LogP contribution in [-0.4, -0.2) is 37.7 Å². The number of azide groups is 1. The summed E-state index contributed by atoms with van der Waals surface area (Å²) in [6.07, 6.45) is 1.70. The first-order chi connectivity index (χ1) is 23.8. The van der Waals surface area contributed by atoms with Gasteiger partial charge in [-0.05, 0) is 117 Å². The monoisotopic (exact) mass is 749 g/mol. The van der Waals surface area contributed by atoms with Crippen LogP contribution in [0.2, 0.25) is 0 Å². The van der Waals surface area contributed by atoms with Gasteiger partial charge in [-0.15, -0.1) is 11.0 Å². The van der Waals surface area contributed by atoms with E-state index in [9.17, 15) is 0 Å². The van der Waals surface area contributed by atoms with Crippen molar-refractivity contribution in [1.29, 1.82) is 0 Å². The Kier molecular flexibility index (Phi) is 15.4. The van der Waals surface area contributed by atoms with Gasteiger partial charge in [0.25, 0.3) is 0 Å². The minimum atomic E-state index is -1.55. The average molecular weight is 750 g/mol. The number of hydrogen-bond donors (Lipinski definition) is 0. The average Bonchev–Trinajstić information content (AvgIpc) is 3.11. The summed E-state index contributed by atoms with van der Waals surface area (Å²) in [6.45, 7) is 8.13. The lowest BCUT2D eigenvalue weighted by Gasteiger charge is -2.23. The van der Waals surface area contributed by atoms with Crippen LogP contribution in [0.15, 0.2) is 107 Å². The lowest BCUT2D eigenvalue weighted by molar-refractivity contribution is 0.324. The van der Waals surface area contributed by atoms with E-state index in [1.54, 1.807) is 18.0 Å². The summed E-state index contributed by atoms with van der Waals surface area (Å²) in [7, 11) is 0.0312. The Morgan fingerprint density at radius 3 is 2.10 bits per heavy atom. The molecule has 0 fully saturated rings. The zero-order valence-electron chi connectivity index (χ0n) is 27.6. The van der Waals surface area contributed by atoms with Gasteiger partial charge in [0, 0.05) is 22.7 Å². The van der Waals surface area contributed by atoms with E-state index in [4.69, 9.17) is 35.6 Å². The first-order valence-electron chi connectivity index (χ1n) is 15.1. The van der Waals surface area contributed by atoms with Crippen molar-refractivity contribution in [3.63, 3.8) is 0 Å². The summed E-state index contributed by atoms with van der Waals surface area (Å²) in [4.78, 5) is 9.01. The van der Waals surface area contributed by atoms with E-state index >= 15 is 0 Å². The number of anilines is 1. The molecular weight excluding hydrogens is 712 g/mol. The lowest BCUT2D eigenvalue weighted by Crippen LogP contribution is -2.28. The number of aryl methyl sites for hydroxylation is 1. The molecule has 0 N–H and O–H groups in total. The van der Waals surface area contributed by atoms with Gasteiger partial charge in [0.1, 0.15) is 31.3 Å². The summed E-state index contributed by atoms with van der Waals surface area (Å²) >= 11 is 5.59. The molecule has 15 heteroatoms. The molecule has 0 saturated carbocycles. The Morgan fingerprint density at radius 2 is 1.51 bits per heavy atom. The van der Waals surface area contributed by atoms with Crippen molar-refractivity contribution >= 4 is 55.2 Å². The van der Waals surface area contributed by atoms with Crippen molar-refractivity contribution in [2.45, 2.75) is 20.8 Å². The van der Waals surface area contributed by atoms with Crippen molar-refractivity contribution in [2.75, 3.05) is 31.6 Å². The van der Waals surface area contributed by atoms with E-state index in [-0.39, 0.29) is 0 Å². The van der Waals surface area contributed by atoms with Crippen LogP contribution in [0.25, 0.3) is 10.4 Å². The predicted molar refractivity (Wildman–Crippen MR) is 211 cm³/mol. The van der Waals surface area contributed by atoms with Crippen molar-refractivity contribution in [1.82, 2.24) is 4.78 Å². The smallest absolute Gasteiger partial charge is 0.492 e. The van der Waals surface area contributed by atoms with Crippen molar-refractivity contribution in [3.05, 3.63) is 124 Å². The second kappa shape index (κ2) is 19.9. The summed E-state index contributed by atoms with van der Waals surface area (Å²) in [5, 5.41) is 4.47. The van der Waals surface area contributed by atoms with Gasteiger partial charge in [0.2, 0.25) is 11.8 Å². The van der Waals surface area contributed by atoms with Crippen LogP contribution < -0.4 is 23.2 Å². The third-order valence-electron chi connectivity index (χ3n) is 6.70. The maximum atomic E-state index is 8.94. The molecule has 252 valence electrons. The van der Waals surface area contributed by atoms with Crippen LogP contribution >= 0.6 is 31.5 Å². The number of ether oxygens (including phenoxy) is 1. The number of hydrazone groups is 1. The highest BCUT2D eigenvalue weighted by Crippen LogP contribution is 2.75. The van der Waals surface area contributed by atoms with Crippen molar-refractivity contribution in [2.24, 2.45) is 9.99 Å². The van der Waals surface area contributed by atoms with E-state index in [1.807, 2.05) is 98.8 Å². The van der Waals surface area contributed by atoms with Crippen LogP contribution in [0.4, 0.5) is 5.69 Å². The zero-order chi connectivity index (χ0) is 35.0. The molecule has 4 rings (SSSR count). The minimum absolute atomic E-state index is 0.542. The second-order valence-electron chi connectivity index (χ2n) is 10.2. The first kappa shape index (κ1) is 37.8. The predicted octanol–water partition coefficient (Wildman–Crippen LogP) is 10.6. The van der Waals surface area contributed by atoms with Crippen LogP contribution in [0.3, 0.4) is 0 Å². The van der Waals surface area contributed by atoms with Crippen LogP contribution in [0, 0.1) is 18.8 Å². The Balaban J connectivity index is 1.25. The Labute approximate surface area is 298 Å². The van der Waals surface area contributed by atoms with Gasteiger partial charge in [-0.3, -0.25) is 4.52 Å². The SMILES string of the molecule is CC#Cc1ccc(N(CC)CCOc2ccc(O[P+](=S)N(C)/N=C\c3ccc(OP(Oc4ccc(C)cc4)P(P)N=[N+]=[N-])cc3)cc2)cc1. The largest absolute Gasteiger partial charge is 0.540 e. The lowest BCUT2D eigenvalue weighted by atomic mass is 10.2. The minimum Gasteiger partial charge on any atom is -0.492 e. The third kappa shape index (κ3) is 12.5. The molecule has 0 bridgehead atoms. The molecule has 4 aromatic carbocycles. The quantitative estimate of drug-likeness (QED) is 0.0201. The van der Waals surface area contributed by atoms with Crippen LogP contribution in [0.5, 0.6) is 23.0 Å². The summed E-state index contributed by atoms with van der Waals surface area (Å²) in [5.74, 6) is 8.63. The molecule has 10 nitrogen and oxygen atoms in total. The Bertz CT molecular complexity index is 1800. The summed E-state index contributed by atoms with van der Waals surface area (Å²) in [6, 6.07) is 30.7. The van der Waals surface area contributed by atoms with Gasteiger partial charge in [0.05, 0.1) is 19.8 Å². The second-order valence-corrected chi connectivity index (χ2v) is 19.0. The van der Waals surface area contributed by atoms with E-state index in [0.29, 0.717) is 23.9 Å². The molecule has 0 aliphatic carbocycles. The molecule has 0 amide bonds. The van der Waals surface area contributed by atoms with Gasteiger partial charge >= 0.3 is 15.1 Å². The maximum absolute atomic E-state index is 8.94. The van der Waals surface area contributed by atoms with Crippen molar-refractivity contribution in [3.8, 4) is 34.8 Å². The molecule has 0 aromatic heterocycles. The number of hydrogen-bond acceptors (Lipinski definition) is 8. The molecule has 4 aromatic rings. The summed E-state index contributed by atoms with van der Waals surface area (Å²) < 4.78 is 25.7. The van der Waals surface area contributed by atoms with Crippen LogP contribution in [-0.2, 0) is 11.8 Å². The molecule has 0 spiro atoms. The third-order valence-corrected chi connectivity index (χ3v) is 13.6. The van der Waals surface area contributed by atoms with Gasteiger partial charge in [0.15, 0.2) is 5.75 Å². The normalized spacial score (nSPS) is 12.1. The number of rotatable bonds is 17. The molecule has 49 heavy (non-hydrogen) atoms. The fraction of sp³-hybridized carbons (Fsp3) is 0.206. The Morgan fingerprint density at radius 1 is 0.918 bits per heavy atom. The van der Waals surface area contributed by atoms with E-state index in [1.165, 1.54) is 0 Å².